The average Bonchev–Trinajstić information content (AvgIpc) is 2.98. The summed E-state index contributed by atoms with van der Waals surface area (Å²) in [6, 6.07) is 1.19. The first-order valence-electron chi connectivity index (χ1n) is 5.94. The lowest BCUT2D eigenvalue weighted by Crippen LogP contribution is -2.27. The maximum Gasteiger partial charge on any atom is 0.288 e. The number of hydrogen-bond donors (Lipinski definition) is 2. The highest BCUT2D eigenvalue weighted by atomic mass is 16.6. The summed E-state index contributed by atoms with van der Waals surface area (Å²) in [5, 5.41) is 19.9. The molecular weight excluding hydrogens is 278 g/mol. The largest absolute Gasteiger partial charge is 0.372 e. The first kappa shape index (κ1) is 14.4. The summed E-state index contributed by atoms with van der Waals surface area (Å²) in [4.78, 5) is 31.8. The van der Waals surface area contributed by atoms with Crippen molar-refractivity contribution in [2.24, 2.45) is 0 Å². The molecule has 21 heavy (non-hydrogen) atoms. The summed E-state index contributed by atoms with van der Waals surface area (Å²) >= 11 is 0. The third-order valence-corrected chi connectivity index (χ3v) is 2.75. The van der Waals surface area contributed by atoms with E-state index < -0.39 is 10.8 Å². The van der Waals surface area contributed by atoms with Gasteiger partial charge in [0.25, 0.3) is 11.6 Å². The molecule has 1 amide bonds. The Morgan fingerprint density at radius 2 is 2.29 bits per heavy atom. The molecule has 0 saturated heterocycles. The first-order chi connectivity index (χ1) is 10.0. The number of H-pyrrole nitrogens is 1. The van der Waals surface area contributed by atoms with Crippen molar-refractivity contribution in [2.75, 3.05) is 19.4 Å². The molecule has 0 saturated carbocycles. The molecule has 0 fully saturated rings. The Kier molecular flexibility index (Phi) is 4.07. The molecular formula is C11H13N7O3. The summed E-state index contributed by atoms with van der Waals surface area (Å²) in [5.41, 5.74) is -0.126. The Hall–Kier alpha value is -3.04. The third kappa shape index (κ3) is 3.11. The van der Waals surface area contributed by atoms with Crippen LogP contribution in [0.1, 0.15) is 16.2 Å². The lowest BCUT2D eigenvalue weighted by Gasteiger charge is -2.17. The predicted octanol–water partition coefficient (Wildman–Crippen LogP) is 0.422. The van der Waals surface area contributed by atoms with Crippen molar-refractivity contribution < 1.29 is 9.72 Å². The number of nitrogens with one attached hydrogen (secondary N) is 2. The van der Waals surface area contributed by atoms with Gasteiger partial charge in [-0.25, -0.2) is 9.97 Å². The van der Waals surface area contributed by atoms with Crippen LogP contribution in [0.3, 0.4) is 0 Å². The van der Waals surface area contributed by atoms with Gasteiger partial charge in [-0.15, -0.1) is 0 Å². The monoisotopic (exact) mass is 291 g/mol. The molecule has 2 aromatic heterocycles. The van der Waals surface area contributed by atoms with Gasteiger partial charge >= 0.3 is 0 Å². The number of carbonyl (C=O) groups is 1. The Morgan fingerprint density at radius 3 is 2.86 bits per heavy atom. The number of rotatable bonds is 5. The summed E-state index contributed by atoms with van der Waals surface area (Å²) in [6.07, 6.45) is 2.43. The number of aromatic nitrogens is 4. The van der Waals surface area contributed by atoms with Crippen LogP contribution < -0.4 is 5.32 Å². The second-order valence-electron chi connectivity index (χ2n) is 4.19. The fraction of sp³-hybridized carbons (Fsp3) is 0.273. The van der Waals surface area contributed by atoms with Gasteiger partial charge in [0, 0.05) is 20.2 Å². The Balaban J connectivity index is 2.28. The number of hydrogen-bond acceptors (Lipinski definition) is 7. The van der Waals surface area contributed by atoms with Crippen LogP contribution in [0.2, 0.25) is 0 Å². The number of nitrogens with zero attached hydrogens (tertiary/aromatic N) is 5. The number of carbonyl (C=O) groups excluding carboxylic acids is 1. The first-order valence-corrected chi connectivity index (χ1v) is 5.94. The van der Waals surface area contributed by atoms with Crippen LogP contribution in [0.4, 0.5) is 11.5 Å². The zero-order chi connectivity index (χ0) is 15.4. The van der Waals surface area contributed by atoms with Gasteiger partial charge in [0.1, 0.15) is 24.2 Å². The number of pyridine rings is 1. The zero-order valence-electron chi connectivity index (χ0n) is 11.4. The minimum absolute atomic E-state index is 0.119. The predicted molar refractivity (Wildman–Crippen MR) is 72.6 cm³/mol. The van der Waals surface area contributed by atoms with Crippen LogP contribution in [0.15, 0.2) is 18.6 Å². The molecule has 0 aliphatic carbocycles. The highest BCUT2D eigenvalue weighted by Crippen LogP contribution is 2.20. The van der Waals surface area contributed by atoms with E-state index in [0.717, 1.165) is 6.20 Å². The third-order valence-electron chi connectivity index (χ3n) is 2.75. The minimum atomic E-state index is -0.598. The molecule has 0 bridgehead atoms. The van der Waals surface area contributed by atoms with Crippen LogP contribution in [0, 0.1) is 10.1 Å². The van der Waals surface area contributed by atoms with E-state index in [2.05, 4.69) is 25.5 Å². The topological polar surface area (TPSA) is 130 Å². The van der Waals surface area contributed by atoms with E-state index in [1.165, 1.54) is 17.3 Å². The summed E-state index contributed by atoms with van der Waals surface area (Å²) < 4.78 is 0. The fourth-order valence-electron chi connectivity index (χ4n) is 1.72. The molecule has 2 rings (SSSR count). The summed E-state index contributed by atoms with van der Waals surface area (Å²) in [5.74, 6) is 0.372. The van der Waals surface area contributed by atoms with E-state index in [1.807, 2.05) is 0 Å². The number of nitro groups is 1. The van der Waals surface area contributed by atoms with Crippen LogP contribution in [0.25, 0.3) is 0 Å². The summed E-state index contributed by atoms with van der Waals surface area (Å²) in [7, 11) is 3.14. The number of amides is 1. The normalized spacial score (nSPS) is 10.2. The van der Waals surface area contributed by atoms with Crippen molar-refractivity contribution in [2.45, 2.75) is 6.54 Å². The molecule has 2 heterocycles. The molecule has 0 aromatic carbocycles. The molecule has 2 aromatic rings. The fourth-order valence-corrected chi connectivity index (χ4v) is 1.72. The Morgan fingerprint density at radius 1 is 1.52 bits per heavy atom. The Labute approximate surface area is 119 Å². The van der Waals surface area contributed by atoms with Crippen molar-refractivity contribution in [1.82, 2.24) is 25.1 Å². The van der Waals surface area contributed by atoms with Gasteiger partial charge in [0.2, 0.25) is 0 Å². The molecule has 110 valence electrons. The summed E-state index contributed by atoms with van der Waals surface area (Å²) in [6.45, 7) is 0.199. The molecule has 0 spiro atoms. The van der Waals surface area contributed by atoms with E-state index in [1.54, 1.807) is 14.1 Å². The SMILES string of the molecule is CNc1ncc([N+](=O)[O-])cc1C(=O)N(C)Cc1ncn[nH]1. The van der Waals surface area contributed by atoms with E-state index >= 15 is 0 Å². The zero-order valence-corrected chi connectivity index (χ0v) is 11.4. The van der Waals surface area contributed by atoms with Gasteiger partial charge in [-0.2, -0.15) is 5.10 Å². The molecule has 0 atom stereocenters. The number of aromatic amines is 1. The van der Waals surface area contributed by atoms with E-state index in [9.17, 15) is 14.9 Å². The molecule has 0 aliphatic rings. The molecule has 0 radical (unpaired) electrons. The van der Waals surface area contributed by atoms with Crippen LogP contribution in [-0.2, 0) is 6.54 Å². The molecule has 0 aliphatic heterocycles. The average molecular weight is 291 g/mol. The van der Waals surface area contributed by atoms with Crippen LogP contribution in [0.5, 0.6) is 0 Å². The van der Waals surface area contributed by atoms with Gasteiger partial charge < -0.3 is 10.2 Å². The van der Waals surface area contributed by atoms with Gasteiger partial charge in [0.05, 0.1) is 17.0 Å². The van der Waals surface area contributed by atoms with E-state index in [0.29, 0.717) is 5.82 Å². The maximum absolute atomic E-state index is 12.4. The lowest BCUT2D eigenvalue weighted by atomic mass is 10.2. The number of anilines is 1. The van der Waals surface area contributed by atoms with Crippen molar-refractivity contribution in [3.05, 3.63) is 40.1 Å². The minimum Gasteiger partial charge on any atom is -0.372 e. The highest BCUT2D eigenvalue weighted by molar-refractivity contribution is 5.99. The molecule has 10 nitrogen and oxygen atoms in total. The molecule has 2 N–H and O–H groups in total. The highest BCUT2D eigenvalue weighted by Gasteiger charge is 2.21. The van der Waals surface area contributed by atoms with Gasteiger partial charge in [-0.05, 0) is 0 Å². The molecule has 10 heteroatoms. The van der Waals surface area contributed by atoms with Crippen molar-refractivity contribution in [3.8, 4) is 0 Å². The standard InChI is InChI=1S/C11H13N7O3/c1-12-10-8(3-7(4-13-10)18(20)21)11(19)17(2)5-9-14-6-15-16-9/h3-4,6H,5H2,1-2H3,(H,12,13)(H,14,15,16). The van der Waals surface area contributed by atoms with Gasteiger partial charge in [0.15, 0.2) is 0 Å². The second kappa shape index (κ2) is 5.94. The van der Waals surface area contributed by atoms with Crippen LogP contribution >= 0.6 is 0 Å². The molecule has 0 unspecified atom stereocenters. The van der Waals surface area contributed by atoms with Gasteiger partial charge in [-0.3, -0.25) is 20.0 Å². The quantitative estimate of drug-likeness (QED) is 0.603. The van der Waals surface area contributed by atoms with Crippen molar-refractivity contribution in [3.63, 3.8) is 0 Å². The lowest BCUT2D eigenvalue weighted by molar-refractivity contribution is -0.385. The smallest absolute Gasteiger partial charge is 0.288 e. The maximum atomic E-state index is 12.4. The van der Waals surface area contributed by atoms with E-state index in [4.69, 9.17) is 0 Å². The van der Waals surface area contributed by atoms with Crippen molar-refractivity contribution >= 4 is 17.4 Å². The Bertz CT molecular complexity index is 656. The van der Waals surface area contributed by atoms with E-state index in [-0.39, 0.29) is 23.6 Å². The second-order valence-corrected chi connectivity index (χ2v) is 4.19. The van der Waals surface area contributed by atoms with Crippen LogP contribution in [-0.4, -0.2) is 50.0 Å². The van der Waals surface area contributed by atoms with Gasteiger partial charge in [-0.1, -0.05) is 0 Å². The van der Waals surface area contributed by atoms with Crippen molar-refractivity contribution in [1.29, 1.82) is 0 Å².